The Labute approximate surface area is 168 Å². The van der Waals surface area contributed by atoms with Crippen molar-refractivity contribution < 1.29 is 22.7 Å². The molecule has 1 aliphatic heterocycles. The molecule has 1 saturated heterocycles. The lowest BCUT2D eigenvalue weighted by atomic mass is 10.1. The van der Waals surface area contributed by atoms with Gasteiger partial charge in [0.05, 0.1) is 12.7 Å². The third kappa shape index (κ3) is 5.73. The molecule has 1 amide bonds. The van der Waals surface area contributed by atoms with Crippen molar-refractivity contribution in [2.45, 2.75) is 44.6 Å². The molecule has 29 heavy (non-hydrogen) atoms. The molecule has 1 N–H and O–H groups in total. The SMILES string of the molecule is COc1ccc(CNCCC2CCC(=O)N2Cc2cccc(C(F)(F)F)c2)cc1. The van der Waals surface area contributed by atoms with E-state index in [1.807, 2.05) is 24.3 Å². The van der Waals surface area contributed by atoms with Crippen LogP contribution in [0.4, 0.5) is 13.2 Å². The molecule has 0 radical (unpaired) electrons. The van der Waals surface area contributed by atoms with E-state index >= 15 is 0 Å². The van der Waals surface area contributed by atoms with Gasteiger partial charge in [0.2, 0.25) is 5.91 Å². The van der Waals surface area contributed by atoms with Gasteiger partial charge in [-0.2, -0.15) is 13.2 Å². The number of carbonyl (C=O) groups is 1. The summed E-state index contributed by atoms with van der Waals surface area (Å²) in [5, 5.41) is 3.37. The van der Waals surface area contributed by atoms with Gasteiger partial charge in [-0.3, -0.25) is 4.79 Å². The van der Waals surface area contributed by atoms with Crippen LogP contribution in [0.5, 0.6) is 5.75 Å². The fraction of sp³-hybridized carbons (Fsp3) is 0.409. The number of nitrogens with zero attached hydrogens (tertiary/aromatic N) is 1. The number of likely N-dealkylation sites (tertiary alicyclic amines) is 1. The predicted octanol–water partition coefficient (Wildman–Crippen LogP) is 4.38. The standard InChI is InChI=1S/C22H25F3N2O2/c1-29-20-8-5-16(6-9-20)14-26-12-11-19-7-10-21(28)27(19)15-17-3-2-4-18(13-17)22(23,24)25/h2-6,8-9,13,19,26H,7,10-12,14-15H2,1H3. The topological polar surface area (TPSA) is 41.6 Å². The molecule has 1 aliphatic rings. The maximum atomic E-state index is 12.9. The largest absolute Gasteiger partial charge is 0.497 e. The first-order valence-corrected chi connectivity index (χ1v) is 9.66. The molecule has 1 heterocycles. The third-order valence-corrected chi connectivity index (χ3v) is 5.20. The van der Waals surface area contributed by atoms with E-state index in [9.17, 15) is 18.0 Å². The fourth-order valence-electron chi connectivity index (χ4n) is 3.60. The number of hydrogen-bond donors (Lipinski definition) is 1. The molecular weight excluding hydrogens is 381 g/mol. The maximum absolute atomic E-state index is 12.9. The highest BCUT2D eigenvalue weighted by Crippen LogP contribution is 2.31. The molecule has 3 rings (SSSR count). The number of alkyl halides is 3. The molecule has 1 fully saturated rings. The van der Waals surface area contributed by atoms with Gasteiger partial charge in [0.25, 0.3) is 0 Å². The lowest BCUT2D eigenvalue weighted by molar-refractivity contribution is -0.137. The van der Waals surface area contributed by atoms with E-state index in [1.165, 1.54) is 6.07 Å². The van der Waals surface area contributed by atoms with Gasteiger partial charge in [-0.1, -0.05) is 24.3 Å². The number of nitrogens with one attached hydrogen (secondary N) is 1. The number of hydrogen-bond acceptors (Lipinski definition) is 3. The molecule has 0 bridgehead atoms. The van der Waals surface area contributed by atoms with Crippen molar-refractivity contribution in [1.82, 2.24) is 10.2 Å². The van der Waals surface area contributed by atoms with E-state index in [0.717, 1.165) is 42.8 Å². The van der Waals surface area contributed by atoms with Crippen molar-refractivity contribution in [2.24, 2.45) is 0 Å². The van der Waals surface area contributed by atoms with Crippen molar-refractivity contribution in [3.05, 3.63) is 65.2 Å². The van der Waals surface area contributed by atoms with Crippen molar-refractivity contribution in [1.29, 1.82) is 0 Å². The van der Waals surface area contributed by atoms with Crippen LogP contribution in [0.15, 0.2) is 48.5 Å². The van der Waals surface area contributed by atoms with Crippen molar-refractivity contribution in [3.63, 3.8) is 0 Å². The molecule has 7 heteroatoms. The summed E-state index contributed by atoms with van der Waals surface area (Å²) in [6, 6.07) is 13.0. The Balaban J connectivity index is 1.52. The molecule has 1 unspecified atom stereocenters. The molecule has 156 valence electrons. The summed E-state index contributed by atoms with van der Waals surface area (Å²) < 4.78 is 43.9. The Morgan fingerprint density at radius 3 is 2.59 bits per heavy atom. The smallest absolute Gasteiger partial charge is 0.416 e. The van der Waals surface area contributed by atoms with Gasteiger partial charge in [0.15, 0.2) is 0 Å². The van der Waals surface area contributed by atoms with Gasteiger partial charge in [-0.05, 0) is 54.8 Å². The van der Waals surface area contributed by atoms with Gasteiger partial charge in [0.1, 0.15) is 5.75 Å². The number of methoxy groups -OCH3 is 1. The highest BCUT2D eigenvalue weighted by molar-refractivity contribution is 5.78. The first kappa shape index (κ1) is 21.2. The normalized spacial score (nSPS) is 17.0. The summed E-state index contributed by atoms with van der Waals surface area (Å²) in [5.74, 6) is 0.811. The zero-order chi connectivity index (χ0) is 20.9. The zero-order valence-corrected chi connectivity index (χ0v) is 16.3. The van der Waals surface area contributed by atoms with Gasteiger partial charge in [-0.15, -0.1) is 0 Å². The summed E-state index contributed by atoms with van der Waals surface area (Å²) in [6.07, 6.45) is -2.43. The van der Waals surface area contributed by atoms with E-state index in [-0.39, 0.29) is 18.5 Å². The van der Waals surface area contributed by atoms with Gasteiger partial charge < -0.3 is 15.0 Å². The Morgan fingerprint density at radius 2 is 1.90 bits per heavy atom. The summed E-state index contributed by atoms with van der Waals surface area (Å²) in [6.45, 7) is 1.65. The average Bonchev–Trinajstić information content (AvgIpc) is 3.05. The van der Waals surface area contributed by atoms with Crippen LogP contribution in [0.25, 0.3) is 0 Å². The monoisotopic (exact) mass is 406 g/mol. The summed E-state index contributed by atoms with van der Waals surface area (Å²) in [4.78, 5) is 14.0. The highest BCUT2D eigenvalue weighted by Gasteiger charge is 2.32. The summed E-state index contributed by atoms with van der Waals surface area (Å²) >= 11 is 0. The van der Waals surface area contributed by atoms with Crippen LogP contribution in [0.2, 0.25) is 0 Å². The van der Waals surface area contributed by atoms with E-state index in [4.69, 9.17) is 4.74 Å². The third-order valence-electron chi connectivity index (χ3n) is 5.20. The molecule has 4 nitrogen and oxygen atoms in total. The molecule has 0 saturated carbocycles. The molecule has 2 aromatic carbocycles. The minimum absolute atomic E-state index is 0.00238. The Kier molecular flexibility index (Phi) is 6.79. The molecule has 1 atom stereocenters. The second-order valence-electron chi connectivity index (χ2n) is 7.23. The van der Waals surface area contributed by atoms with Crippen LogP contribution < -0.4 is 10.1 Å². The van der Waals surface area contributed by atoms with Crippen LogP contribution in [-0.4, -0.2) is 30.5 Å². The van der Waals surface area contributed by atoms with Gasteiger partial charge >= 0.3 is 6.18 Å². The number of halogens is 3. The number of ether oxygens (including phenoxy) is 1. The molecular formula is C22H25F3N2O2. The molecule has 0 aliphatic carbocycles. The van der Waals surface area contributed by atoms with E-state index in [0.29, 0.717) is 18.5 Å². The highest BCUT2D eigenvalue weighted by atomic mass is 19.4. The Bertz CT molecular complexity index is 822. The summed E-state index contributed by atoms with van der Waals surface area (Å²) in [7, 11) is 1.63. The van der Waals surface area contributed by atoms with Crippen LogP contribution >= 0.6 is 0 Å². The zero-order valence-electron chi connectivity index (χ0n) is 16.3. The second-order valence-corrected chi connectivity index (χ2v) is 7.23. The first-order chi connectivity index (χ1) is 13.9. The van der Waals surface area contributed by atoms with Gasteiger partial charge in [-0.25, -0.2) is 0 Å². The number of amides is 1. The maximum Gasteiger partial charge on any atom is 0.416 e. The number of rotatable bonds is 8. The lowest BCUT2D eigenvalue weighted by Gasteiger charge is -2.25. The van der Waals surface area contributed by atoms with E-state index in [1.54, 1.807) is 18.1 Å². The second kappa shape index (κ2) is 9.31. The molecule has 2 aromatic rings. The van der Waals surface area contributed by atoms with E-state index in [2.05, 4.69) is 5.32 Å². The van der Waals surface area contributed by atoms with Gasteiger partial charge in [0, 0.05) is 25.6 Å². The molecule has 0 spiro atoms. The minimum atomic E-state index is -4.38. The van der Waals surface area contributed by atoms with Crippen LogP contribution in [0.1, 0.15) is 36.0 Å². The first-order valence-electron chi connectivity index (χ1n) is 9.66. The average molecular weight is 406 g/mol. The van der Waals surface area contributed by atoms with Crippen LogP contribution in [0.3, 0.4) is 0 Å². The predicted molar refractivity (Wildman–Crippen MR) is 104 cm³/mol. The quantitative estimate of drug-likeness (QED) is 0.662. The van der Waals surface area contributed by atoms with Crippen molar-refractivity contribution >= 4 is 5.91 Å². The fourth-order valence-corrected chi connectivity index (χ4v) is 3.60. The van der Waals surface area contributed by atoms with Crippen LogP contribution in [0, 0.1) is 0 Å². The Hall–Kier alpha value is -2.54. The van der Waals surface area contributed by atoms with E-state index < -0.39 is 11.7 Å². The van der Waals surface area contributed by atoms with Crippen LogP contribution in [-0.2, 0) is 24.1 Å². The van der Waals surface area contributed by atoms with Crippen molar-refractivity contribution in [3.8, 4) is 5.75 Å². The lowest BCUT2D eigenvalue weighted by Crippen LogP contribution is -2.34. The Morgan fingerprint density at radius 1 is 1.14 bits per heavy atom. The minimum Gasteiger partial charge on any atom is -0.497 e. The molecule has 0 aromatic heterocycles. The number of carbonyl (C=O) groups excluding carboxylic acids is 1. The van der Waals surface area contributed by atoms with Crippen molar-refractivity contribution in [2.75, 3.05) is 13.7 Å². The summed E-state index contributed by atoms with van der Waals surface area (Å²) in [5.41, 5.74) is 0.958. The number of benzene rings is 2.